The summed E-state index contributed by atoms with van der Waals surface area (Å²) in [5.41, 5.74) is -1.82. The number of carboxylic acids is 1. The molecule has 0 radical (unpaired) electrons. The summed E-state index contributed by atoms with van der Waals surface area (Å²) in [5.74, 6) is -5.74. The van der Waals surface area contributed by atoms with Crippen molar-refractivity contribution in [2.45, 2.75) is 12.5 Å². The van der Waals surface area contributed by atoms with E-state index < -0.39 is 52.3 Å². The molecule has 0 saturated heterocycles. The van der Waals surface area contributed by atoms with E-state index in [0.29, 0.717) is 6.07 Å². The Balaban J connectivity index is 3.14. The Morgan fingerprint density at radius 3 is 2.38 bits per heavy atom. The summed E-state index contributed by atoms with van der Waals surface area (Å²) in [6, 6.07) is -0.984. The first-order chi connectivity index (χ1) is 9.77. The Bertz CT molecular complexity index is 592. The maximum Gasteiger partial charge on any atom is 0.326 e. The Morgan fingerprint density at radius 1 is 1.33 bits per heavy atom. The largest absolute Gasteiger partial charge is 0.480 e. The summed E-state index contributed by atoms with van der Waals surface area (Å²) in [6.45, 7) is -0.558. The van der Waals surface area contributed by atoms with E-state index in [1.807, 2.05) is 5.32 Å². The SMILES string of the molecule is O=C(N[C@H](CCO)C(=O)O)c1cc(F)c(F)cc1[N+](=O)[O-]. The molecular weight excluding hydrogens is 294 g/mol. The summed E-state index contributed by atoms with van der Waals surface area (Å²) in [7, 11) is 0. The van der Waals surface area contributed by atoms with Gasteiger partial charge in [-0.25, -0.2) is 13.6 Å². The number of carboxylic acid groups (broad SMARTS) is 1. The average Bonchev–Trinajstić information content (AvgIpc) is 2.40. The predicted octanol–water partition coefficient (Wildman–Crippen LogP) is 0.438. The Labute approximate surface area is 116 Å². The summed E-state index contributed by atoms with van der Waals surface area (Å²) in [4.78, 5) is 32.2. The second-order valence-corrected chi connectivity index (χ2v) is 3.92. The van der Waals surface area contributed by atoms with Crippen LogP contribution in [0.5, 0.6) is 0 Å². The monoisotopic (exact) mass is 304 g/mol. The van der Waals surface area contributed by atoms with E-state index in [1.54, 1.807) is 0 Å². The molecule has 0 aromatic heterocycles. The van der Waals surface area contributed by atoms with Crippen LogP contribution in [0.15, 0.2) is 12.1 Å². The predicted molar refractivity (Wildman–Crippen MR) is 63.6 cm³/mol. The molecule has 3 N–H and O–H groups in total. The molecule has 1 aromatic carbocycles. The number of nitrogens with one attached hydrogen (secondary N) is 1. The van der Waals surface area contributed by atoms with Gasteiger partial charge >= 0.3 is 5.97 Å². The van der Waals surface area contributed by atoms with E-state index in [4.69, 9.17) is 10.2 Å². The first-order valence-corrected chi connectivity index (χ1v) is 5.56. The lowest BCUT2D eigenvalue weighted by Gasteiger charge is -2.13. The van der Waals surface area contributed by atoms with E-state index in [1.165, 1.54) is 0 Å². The zero-order valence-corrected chi connectivity index (χ0v) is 10.4. The summed E-state index contributed by atoms with van der Waals surface area (Å²) in [6.07, 6.45) is -0.349. The number of aliphatic hydroxyl groups excluding tert-OH is 1. The molecule has 0 heterocycles. The second-order valence-electron chi connectivity index (χ2n) is 3.92. The van der Waals surface area contributed by atoms with Crippen molar-refractivity contribution in [2.24, 2.45) is 0 Å². The number of hydrogen-bond acceptors (Lipinski definition) is 5. The van der Waals surface area contributed by atoms with Crippen LogP contribution >= 0.6 is 0 Å². The van der Waals surface area contributed by atoms with E-state index in [9.17, 15) is 28.5 Å². The fourth-order valence-electron chi connectivity index (χ4n) is 1.49. The lowest BCUT2D eigenvalue weighted by Crippen LogP contribution is -2.41. The average molecular weight is 304 g/mol. The molecule has 1 rings (SSSR count). The number of rotatable bonds is 6. The normalized spacial score (nSPS) is 11.8. The van der Waals surface area contributed by atoms with Crippen molar-refractivity contribution in [3.63, 3.8) is 0 Å². The molecule has 1 atom stereocenters. The standard InChI is InChI=1S/C11H10F2N2O6/c12-6-3-5(9(15(20)21)4-7(6)13)10(17)14-8(1-2-16)11(18)19/h3-4,8,16H,1-2H2,(H,14,17)(H,18,19)/t8-/m1/s1. The van der Waals surface area contributed by atoms with Crippen molar-refractivity contribution in [2.75, 3.05) is 6.61 Å². The maximum atomic E-state index is 13.1. The van der Waals surface area contributed by atoms with Gasteiger partial charge in [0.1, 0.15) is 11.6 Å². The zero-order chi connectivity index (χ0) is 16.2. The van der Waals surface area contributed by atoms with Crippen LogP contribution in [-0.4, -0.2) is 39.7 Å². The van der Waals surface area contributed by atoms with Crippen molar-refractivity contribution in [1.29, 1.82) is 0 Å². The minimum atomic E-state index is -1.52. The molecule has 0 fully saturated rings. The maximum absolute atomic E-state index is 13.1. The van der Waals surface area contributed by atoms with Crippen molar-refractivity contribution < 1.29 is 33.5 Å². The highest BCUT2D eigenvalue weighted by molar-refractivity contribution is 6.00. The van der Waals surface area contributed by atoms with E-state index >= 15 is 0 Å². The number of carbonyl (C=O) groups is 2. The molecule has 1 amide bonds. The van der Waals surface area contributed by atoms with Crippen LogP contribution in [-0.2, 0) is 4.79 Å². The molecule has 0 unspecified atom stereocenters. The number of benzene rings is 1. The van der Waals surface area contributed by atoms with Crippen molar-refractivity contribution in [3.05, 3.63) is 39.4 Å². The van der Waals surface area contributed by atoms with Crippen LogP contribution in [0.25, 0.3) is 0 Å². The molecule has 10 heteroatoms. The van der Waals surface area contributed by atoms with E-state index in [2.05, 4.69) is 0 Å². The van der Waals surface area contributed by atoms with Gasteiger partial charge in [0, 0.05) is 13.0 Å². The van der Waals surface area contributed by atoms with Crippen LogP contribution in [0, 0.1) is 21.7 Å². The van der Waals surface area contributed by atoms with Gasteiger partial charge in [-0.2, -0.15) is 0 Å². The highest BCUT2D eigenvalue weighted by Crippen LogP contribution is 2.22. The highest BCUT2D eigenvalue weighted by Gasteiger charge is 2.27. The van der Waals surface area contributed by atoms with Crippen LogP contribution < -0.4 is 5.32 Å². The van der Waals surface area contributed by atoms with Gasteiger partial charge in [-0.1, -0.05) is 0 Å². The third kappa shape index (κ3) is 3.92. The number of nitro benzene ring substituents is 1. The fourth-order valence-corrected chi connectivity index (χ4v) is 1.49. The molecule has 114 valence electrons. The topological polar surface area (TPSA) is 130 Å². The molecule has 0 aliphatic heterocycles. The number of amides is 1. The van der Waals surface area contributed by atoms with Crippen molar-refractivity contribution in [1.82, 2.24) is 5.32 Å². The van der Waals surface area contributed by atoms with Gasteiger partial charge in [0.25, 0.3) is 11.6 Å². The lowest BCUT2D eigenvalue weighted by atomic mass is 10.1. The molecule has 0 bridgehead atoms. The first kappa shape index (κ1) is 16.4. The first-order valence-electron chi connectivity index (χ1n) is 5.56. The van der Waals surface area contributed by atoms with E-state index in [-0.39, 0.29) is 12.5 Å². The number of aliphatic carboxylic acids is 1. The highest BCUT2D eigenvalue weighted by atomic mass is 19.2. The van der Waals surface area contributed by atoms with Crippen LogP contribution in [0.4, 0.5) is 14.5 Å². The lowest BCUT2D eigenvalue weighted by molar-refractivity contribution is -0.385. The van der Waals surface area contributed by atoms with Gasteiger partial charge in [0.15, 0.2) is 11.6 Å². The van der Waals surface area contributed by atoms with Crippen LogP contribution in [0.1, 0.15) is 16.8 Å². The third-order valence-electron chi connectivity index (χ3n) is 2.50. The van der Waals surface area contributed by atoms with Crippen molar-refractivity contribution >= 4 is 17.6 Å². The van der Waals surface area contributed by atoms with Gasteiger partial charge in [-0.3, -0.25) is 14.9 Å². The van der Waals surface area contributed by atoms with Gasteiger partial charge in [0.05, 0.1) is 11.0 Å². The van der Waals surface area contributed by atoms with E-state index in [0.717, 1.165) is 0 Å². The number of halogens is 2. The molecule has 1 aromatic rings. The molecule has 0 saturated carbocycles. The number of aliphatic hydroxyl groups is 1. The molecular formula is C11H10F2N2O6. The molecule has 0 aliphatic carbocycles. The number of nitrogens with zero attached hydrogens (tertiary/aromatic N) is 1. The Morgan fingerprint density at radius 2 is 1.90 bits per heavy atom. The molecule has 8 nitrogen and oxygen atoms in total. The second kappa shape index (κ2) is 6.70. The molecule has 0 aliphatic rings. The quantitative estimate of drug-likeness (QED) is 0.516. The Hall–Kier alpha value is -2.62. The van der Waals surface area contributed by atoms with Gasteiger partial charge in [0.2, 0.25) is 0 Å². The molecule has 0 spiro atoms. The third-order valence-corrected chi connectivity index (χ3v) is 2.50. The van der Waals surface area contributed by atoms with Gasteiger partial charge < -0.3 is 15.5 Å². The zero-order valence-electron chi connectivity index (χ0n) is 10.4. The minimum absolute atomic E-state index is 0.228. The molecule has 21 heavy (non-hydrogen) atoms. The van der Waals surface area contributed by atoms with Crippen LogP contribution in [0.2, 0.25) is 0 Å². The number of hydrogen-bond donors (Lipinski definition) is 3. The summed E-state index contributed by atoms with van der Waals surface area (Å²) < 4.78 is 26.0. The smallest absolute Gasteiger partial charge is 0.326 e. The number of nitro groups is 1. The van der Waals surface area contributed by atoms with Crippen LogP contribution in [0.3, 0.4) is 0 Å². The van der Waals surface area contributed by atoms with Crippen molar-refractivity contribution in [3.8, 4) is 0 Å². The fraction of sp³-hybridized carbons (Fsp3) is 0.273. The van der Waals surface area contributed by atoms with Gasteiger partial charge in [-0.05, 0) is 6.07 Å². The number of carbonyl (C=O) groups excluding carboxylic acids is 1. The summed E-state index contributed by atoms with van der Waals surface area (Å²) in [5, 5.41) is 30.0. The van der Waals surface area contributed by atoms with Gasteiger partial charge in [-0.15, -0.1) is 0 Å². The Kier molecular flexibility index (Phi) is 5.24. The minimum Gasteiger partial charge on any atom is -0.480 e. The summed E-state index contributed by atoms with van der Waals surface area (Å²) >= 11 is 0.